The summed E-state index contributed by atoms with van der Waals surface area (Å²) in [4.78, 5) is 11.9. The third kappa shape index (κ3) is 2.37. The number of ether oxygens (including phenoxy) is 1. The van der Waals surface area contributed by atoms with Crippen LogP contribution in [0.1, 0.15) is 39.0 Å². The van der Waals surface area contributed by atoms with Gasteiger partial charge in [0.15, 0.2) is 17.4 Å². The van der Waals surface area contributed by atoms with Crippen molar-refractivity contribution < 1.29 is 18.3 Å². The van der Waals surface area contributed by atoms with Crippen LogP contribution in [0.4, 0.5) is 8.78 Å². The standard InChI is InChI=1S/C14H16F2O2/c1-9(15)7-11(16)13-10(2)12(17)8-14(18-13)5-3-4-6-14/h7H,2-6,8H2,1H3/b9-7+,13-11-. The highest BCUT2D eigenvalue weighted by atomic mass is 19.1. The summed E-state index contributed by atoms with van der Waals surface area (Å²) >= 11 is 0. The van der Waals surface area contributed by atoms with E-state index in [0.29, 0.717) is 0 Å². The Labute approximate surface area is 105 Å². The lowest BCUT2D eigenvalue weighted by molar-refractivity contribution is -0.125. The van der Waals surface area contributed by atoms with Gasteiger partial charge in [-0.2, -0.15) is 0 Å². The summed E-state index contributed by atoms with van der Waals surface area (Å²) in [5, 5.41) is 0. The predicted octanol–water partition coefficient (Wildman–Crippen LogP) is 3.90. The largest absolute Gasteiger partial charge is 0.483 e. The smallest absolute Gasteiger partial charge is 0.170 e. The van der Waals surface area contributed by atoms with E-state index < -0.39 is 17.3 Å². The maximum Gasteiger partial charge on any atom is 0.170 e. The molecule has 0 radical (unpaired) electrons. The summed E-state index contributed by atoms with van der Waals surface area (Å²) in [6.45, 7) is 4.67. The van der Waals surface area contributed by atoms with Gasteiger partial charge in [-0.3, -0.25) is 4.79 Å². The molecular weight excluding hydrogens is 238 g/mol. The summed E-state index contributed by atoms with van der Waals surface area (Å²) in [7, 11) is 0. The first-order valence-electron chi connectivity index (χ1n) is 6.09. The van der Waals surface area contributed by atoms with Crippen molar-refractivity contribution in [3.05, 3.63) is 35.6 Å². The van der Waals surface area contributed by atoms with Crippen LogP contribution in [-0.2, 0) is 9.53 Å². The van der Waals surface area contributed by atoms with Crippen molar-refractivity contribution >= 4 is 5.78 Å². The zero-order chi connectivity index (χ0) is 13.3. The monoisotopic (exact) mass is 254 g/mol. The number of Topliss-reactive ketones (excluding diaryl/α,β-unsaturated/α-hetero) is 1. The van der Waals surface area contributed by atoms with Gasteiger partial charge in [0.2, 0.25) is 0 Å². The lowest BCUT2D eigenvalue weighted by Gasteiger charge is -2.35. The molecule has 1 heterocycles. The van der Waals surface area contributed by atoms with Crippen molar-refractivity contribution in [3.63, 3.8) is 0 Å². The fourth-order valence-corrected chi connectivity index (χ4v) is 2.57. The molecule has 18 heavy (non-hydrogen) atoms. The highest BCUT2D eigenvalue weighted by Gasteiger charge is 2.44. The van der Waals surface area contributed by atoms with E-state index in [1.54, 1.807) is 0 Å². The van der Waals surface area contributed by atoms with E-state index in [2.05, 4.69) is 6.58 Å². The van der Waals surface area contributed by atoms with Crippen LogP contribution in [0.3, 0.4) is 0 Å². The predicted molar refractivity (Wildman–Crippen MR) is 64.0 cm³/mol. The first kappa shape index (κ1) is 13.0. The van der Waals surface area contributed by atoms with Crippen molar-refractivity contribution in [3.8, 4) is 0 Å². The molecule has 2 nitrogen and oxygen atoms in total. The number of hydrogen-bond donors (Lipinski definition) is 0. The van der Waals surface area contributed by atoms with Gasteiger partial charge in [0, 0.05) is 6.08 Å². The van der Waals surface area contributed by atoms with E-state index in [0.717, 1.165) is 38.7 Å². The van der Waals surface area contributed by atoms with Crippen molar-refractivity contribution in [1.82, 2.24) is 0 Å². The first-order valence-corrected chi connectivity index (χ1v) is 6.09. The summed E-state index contributed by atoms with van der Waals surface area (Å²) in [6, 6.07) is 0. The molecule has 2 fully saturated rings. The molecule has 1 aliphatic carbocycles. The SMILES string of the molecule is C=C1C(=O)CC2(CCCC2)O/C1=C(F)/C=C(\C)F. The molecule has 98 valence electrons. The summed E-state index contributed by atoms with van der Waals surface area (Å²) < 4.78 is 32.2. The molecule has 1 spiro atoms. The van der Waals surface area contributed by atoms with E-state index in [4.69, 9.17) is 4.74 Å². The fraction of sp³-hybridized carbons (Fsp3) is 0.500. The van der Waals surface area contributed by atoms with Crippen LogP contribution in [0.25, 0.3) is 0 Å². The molecule has 0 N–H and O–H groups in total. The number of ketones is 1. The van der Waals surface area contributed by atoms with Crippen molar-refractivity contribution in [2.45, 2.75) is 44.6 Å². The Hall–Kier alpha value is -1.45. The molecule has 0 aromatic heterocycles. The van der Waals surface area contributed by atoms with Crippen LogP contribution in [0.2, 0.25) is 0 Å². The average molecular weight is 254 g/mol. The van der Waals surface area contributed by atoms with Gasteiger partial charge in [0.1, 0.15) is 5.60 Å². The topological polar surface area (TPSA) is 26.3 Å². The fourth-order valence-electron chi connectivity index (χ4n) is 2.57. The van der Waals surface area contributed by atoms with Gasteiger partial charge in [0.05, 0.1) is 17.8 Å². The van der Waals surface area contributed by atoms with Gasteiger partial charge in [-0.25, -0.2) is 8.78 Å². The highest BCUT2D eigenvalue weighted by molar-refractivity contribution is 6.00. The molecule has 1 saturated carbocycles. The normalized spacial score (nSPS) is 26.5. The van der Waals surface area contributed by atoms with Gasteiger partial charge in [-0.05, 0) is 32.6 Å². The third-order valence-electron chi connectivity index (χ3n) is 3.47. The number of carbonyl (C=O) groups is 1. The van der Waals surface area contributed by atoms with Crippen LogP contribution in [-0.4, -0.2) is 11.4 Å². The Morgan fingerprint density at radius 3 is 2.56 bits per heavy atom. The molecule has 4 heteroatoms. The maximum atomic E-state index is 13.8. The molecule has 2 aliphatic rings. The Morgan fingerprint density at radius 2 is 2.00 bits per heavy atom. The second-order valence-electron chi connectivity index (χ2n) is 4.98. The maximum absolute atomic E-state index is 13.8. The average Bonchev–Trinajstić information content (AvgIpc) is 2.71. The summed E-state index contributed by atoms with van der Waals surface area (Å²) in [5.41, 5.74) is -0.592. The minimum atomic E-state index is -0.862. The van der Waals surface area contributed by atoms with Crippen molar-refractivity contribution in [2.75, 3.05) is 0 Å². The molecule has 2 rings (SSSR count). The second kappa shape index (κ2) is 4.67. The number of hydrogen-bond acceptors (Lipinski definition) is 2. The summed E-state index contributed by atoms with van der Waals surface area (Å²) in [5.74, 6) is -1.93. The summed E-state index contributed by atoms with van der Waals surface area (Å²) in [6.07, 6.45) is 4.38. The van der Waals surface area contributed by atoms with Gasteiger partial charge >= 0.3 is 0 Å². The highest BCUT2D eigenvalue weighted by Crippen LogP contribution is 2.44. The number of carbonyl (C=O) groups excluding carboxylic acids is 1. The molecular formula is C14H16F2O2. The molecule has 1 aliphatic heterocycles. The van der Waals surface area contributed by atoms with E-state index >= 15 is 0 Å². The number of allylic oxidation sites excluding steroid dienone is 4. The van der Waals surface area contributed by atoms with Gasteiger partial charge in [-0.1, -0.05) is 6.58 Å². The minimum Gasteiger partial charge on any atom is -0.483 e. The lowest BCUT2D eigenvalue weighted by atomic mass is 9.88. The molecule has 0 bridgehead atoms. The van der Waals surface area contributed by atoms with Gasteiger partial charge < -0.3 is 4.74 Å². The zero-order valence-corrected chi connectivity index (χ0v) is 10.4. The third-order valence-corrected chi connectivity index (χ3v) is 3.47. The van der Waals surface area contributed by atoms with Crippen molar-refractivity contribution in [2.24, 2.45) is 0 Å². The van der Waals surface area contributed by atoms with Gasteiger partial charge in [0.25, 0.3) is 0 Å². The molecule has 0 atom stereocenters. The van der Waals surface area contributed by atoms with E-state index in [1.165, 1.54) is 0 Å². The number of halogens is 2. The van der Waals surface area contributed by atoms with Crippen LogP contribution in [0.15, 0.2) is 35.6 Å². The van der Waals surface area contributed by atoms with E-state index in [-0.39, 0.29) is 23.5 Å². The number of rotatable bonds is 1. The second-order valence-corrected chi connectivity index (χ2v) is 4.98. The molecule has 1 saturated heterocycles. The van der Waals surface area contributed by atoms with Crippen LogP contribution < -0.4 is 0 Å². The van der Waals surface area contributed by atoms with Crippen molar-refractivity contribution in [1.29, 1.82) is 0 Å². The first-order chi connectivity index (χ1) is 8.43. The van der Waals surface area contributed by atoms with Gasteiger partial charge in [-0.15, -0.1) is 0 Å². The minimum absolute atomic E-state index is 0.00234. The Kier molecular flexibility index (Phi) is 3.37. The molecule has 0 unspecified atom stereocenters. The Morgan fingerprint density at radius 1 is 1.39 bits per heavy atom. The van der Waals surface area contributed by atoms with E-state index in [1.807, 2.05) is 0 Å². The lowest BCUT2D eigenvalue weighted by Crippen LogP contribution is -2.37. The quantitative estimate of drug-likeness (QED) is 0.663. The van der Waals surface area contributed by atoms with Crippen LogP contribution in [0, 0.1) is 0 Å². The zero-order valence-electron chi connectivity index (χ0n) is 10.4. The Balaban J connectivity index is 2.36. The molecule has 0 amide bonds. The Bertz CT molecular complexity index is 450. The van der Waals surface area contributed by atoms with E-state index in [9.17, 15) is 13.6 Å². The molecule has 0 aromatic carbocycles. The molecule has 0 aromatic rings. The van der Waals surface area contributed by atoms with Crippen LogP contribution in [0.5, 0.6) is 0 Å². The van der Waals surface area contributed by atoms with Crippen LogP contribution >= 0.6 is 0 Å².